The third kappa shape index (κ3) is 4.13. The van der Waals surface area contributed by atoms with Crippen LogP contribution in [0, 0.1) is 6.92 Å². The molecule has 0 saturated heterocycles. The van der Waals surface area contributed by atoms with Crippen molar-refractivity contribution in [3.05, 3.63) is 23.3 Å². The summed E-state index contributed by atoms with van der Waals surface area (Å²) in [6.07, 6.45) is 0. The summed E-state index contributed by atoms with van der Waals surface area (Å²) in [7, 11) is 3.31. The van der Waals surface area contributed by atoms with Gasteiger partial charge in [-0.25, -0.2) is 0 Å². The van der Waals surface area contributed by atoms with Crippen LogP contribution in [0.1, 0.15) is 18.1 Å². The van der Waals surface area contributed by atoms with Crippen molar-refractivity contribution in [3.63, 3.8) is 0 Å². The van der Waals surface area contributed by atoms with Gasteiger partial charge in [-0.15, -0.1) is 0 Å². The van der Waals surface area contributed by atoms with Gasteiger partial charge in [0.2, 0.25) is 0 Å². The van der Waals surface area contributed by atoms with Crippen LogP contribution in [0.4, 0.5) is 0 Å². The quantitative estimate of drug-likeness (QED) is 0.848. The molecule has 1 aromatic carbocycles. The number of rotatable bonds is 6. The number of ether oxygens (including phenoxy) is 2. The molecule has 0 amide bonds. The maximum absolute atomic E-state index is 5.73. The van der Waals surface area contributed by atoms with E-state index in [1.807, 2.05) is 30.8 Å². The molecule has 0 aromatic heterocycles. The molecule has 0 radical (unpaired) electrons. The Morgan fingerprint density at radius 1 is 1.24 bits per heavy atom. The summed E-state index contributed by atoms with van der Waals surface area (Å²) in [5.74, 6) is 3.49. The molecule has 0 heterocycles. The van der Waals surface area contributed by atoms with Crippen molar-refractivity contribution in [3.8, 4) is 11.5 Å². The predicted molar refractivity (Wildman–Crippen MR) is 74.1 cm³/mol. The molecule has 0 fully saturated rings. The second-order valence-corrected chi connectivity index (χ2v) is 5.16. The van der Waals surface area contributed by atoms with E-state index in [1.165, 1.54) is 11.1 Å². The SMILES string of the molecule is COc1cc(C)c(CSCC(C)N)cc1OC. The van der Waals surface area contributed by atoms with Gasteiger partial charge in [0.05, 0.1) is 14.2 Å². The molecule has 0 bridgehead atoms. The second-order valence-electron chi connectivity index (χ2n) is 4.13. The first-order valence-electron chi connectivity index (χ1n) is 5.63. The van der Waals surface area contributed by atoms with Gasteiger partial charge in [-0.1, -0.05) is 0 Å². The summed E-state index contributed by atoms with van der Waals surface area (Å²) in [5, 5.41) is 0. The van der Waals surface area contributed by atoms with Crippen molar-refractivity contribution < 1.29 is 9.47 Å². The average molecular weight is 255 g/mol. The number of benzene rings is 1. The lowest BCUT2D eigenvalue weighted by Gasteiger charge is -2.13. The van der Waals surface area contributed by atoms with Crippen LogP contribution in [-0.4, -0.2) is 26.0 Å². The van der Waals surface area contributed by atoms with Crippen LogP contribution in [0.15, 0.2) is 12.1 Å². The molecule has 1 aromatic rings. The lowest BCUT2D eigenvalue weighted by Crippen LogP contribution is -2.17. The third-order valence-electron chi connectivity index (χ3n) is 2.48. The van der Waals surface area contributed by atoms with E-state index in [2.05, 4.69) is 6.92 Å². The lowest BCUT2D eigenvalue weighted by atomic mass is 10.1. The Kier molecular flexibility index (Phi) is 5.65. The van der Waals surface area contributed by atoms with Crippen LogP contribution in [0.25, 0.3) is 0 Å². The highest BCUT2D eigenvalue weighted by atomic mass is 32.2. The largest absolute Gasteiger partial charge is 0.493 e. The molecule has 0 aliphatic heterocycles. The number of hydrogen-bond acceptors (Lipinski definition) is 4. The molecule has 0 saturated carbocycles. The van der Waals surface area contributed by atoms with Crippen LogP contribution in [0.3, 0.4) is 0 Å². The maximum Gasteiger partial charge on any atom is 0.161 e. The highest BCUT2D eigenvalue weighted by molar-refractivity contribution is 7.98. The zero-order valence-corrected chi connectivity index (χ0v) is 11.8. The Balaban J connectivity index is 2.78. The first-order valence-corrected chi connectivity index (χ1v) is 6.78. The van der Waals surface area contributed by atoms with Crippen LogP contribution < -0.4 is 15.2 Å². The van der Waals surface area contributed by atoms with Gasteiger partial charge in [0, 0.05) is 17.5 Å². The molecule has 2 N–H and O–H groups in total. The predicted octanol–water partition coefficient (Wildman–Crippen LogP) is 2.59. The van der Waals surface area contributed by atoms with Gasteiger partial charge in [-0.3, -0.25) is 0 Å². The van der Waals surface area contributed by atoms with Gasteiger partial charge in [-0.05, 0) is 37.1 Å². The first-order chi connectivity index (χ1) is 8.08. The van der Waals surface area contributed by atoms with E-state index in [-0.39, 0.29) is 6.04 Å². The van der Waals surface area contributed by atoms with E-state index < -0.39 is 0 Å². The fourth-order valence-corrected chi connectivity index (χ4v) is 2.55. The Hall–Kier alpha value is -0.870. The number of aryl methyl sites for hydroxylation is 1. The van der Waals surface area contributed by atoms with Crippen molar-refractivity contribution >= 4 is 11.8 Å². The molecule has 1 atom stereocenters. The number of nitrogens with two attached hydrogens (primary N) is 1. The molecule has 3 nitrogen and oxygen atoms in total. The monoisotopic (exact) mass is 255 g/mol. The third-order valence-corrected chi connectivity index (χ3v) is 3.76. The smallest absolute Gasteiger partial charge is 0.161 e. The minimum atomic E-state index is 0.237. The van der Waals surface area contributed by atoms with Gasteiger partial charge in [-0.2, -0.15) is 11.8 Å². The summed E-state index contributed by atoms with van der Waals surface area (Å²) in [6, 6.07) is 4.30. The Labute approximate surface area is 108 Å². The minimum absolute atomic E-state index is 0.237. The van der Waals surface area contributed by atoms with Crippen LogP contribution in [0.2, 0.25) is 0 Å². The molecule has 0 aliphatic rings. The molecule has 0 aliphatic carbocycles. The standard InChI is InChI=1S/C13H21NO2S/c1-9-5-12(15-3)13(16-4)6-11(9)8-17-7-10(2)14/h5-6,10H,7-8,14H2,1-4H3. The van der Waals surface area contributed by atoms with Crippen LogP contribution in [0.5, 0.6) is 11.5 Å². The van der Waals surface area contributed by atoms with E-state index in [4.69, 9.17) is 15.2 Å². The van der Waals surface area contributed by atoms with Gasteiger partial charge in [0.15, 0.2) is 11.5 Å². The topological polar surface area (TPSA) is 44.5 Å². The van der Waals surface area contributed by atoms with Crippen molar-refractivity contribution in [2.24, 2.45) is 5.73 Å². The van der Waals surface area contributed by atoms with E-state index in [0.29, 0.717) is 0 Å². The zero-order valence-electron chi connectivity index (χ0n) is 10.9. The average Bonchev–Trinajstić information content (AvgIpc) is 2.30. The molecule has 4 heteroatoms. The Morgan fingerprint density at radius 3 is 2.35 bits per heavy atom. The number of hydrogen-bond donors (Lipinski definition) is 1. The zero-order chi connectivity index (χ0) is 12.8. The van der Waals surface area contributed by atoms with Gasteiger partial charge < -0.3 is 15.2 Å². The molecular formula is C13H21NO2S. The minimum Gasteiger partial charge on any atom is -0.493 e. The molecule has 1 rings (SSSR count). The maximum atomic E-state index is 5.73. The molecule has 17 heavy (non-hydrogen) atoms. The highest BCUT2D eigenvalue weighted by Gasteiger charge is 2.08. The number of methoxy groups -OCH3 is 2. The van der Waals surface area contributed by atoms with Gasteiger partial charge in [0.25, 0.3) is 0 Å². The molecule has 1 unspecified atom stereocenters. The normalized spacial score (nSPS) is 12.3. The summed E-state index contributed by atoms with van der Waals surface area (Å²) < 4.78 is 10.6. The fraction of sp³-hybridized carbons (Fsp3) is 0.538. The molecular weight excluding hydrogens is 234 g/mol. The summed E-state index contributed by atoms with van der Waals surface area (Å²) in [6.45, 7) is 4.11. The van der Waals surface area contributed by atoms with Crippen molar-refractivity contribution in [1.29, 1.82) is 0 Å². The second kappa shape index (κ2) is 6.77. The first kappa shape index (κ1) is 14.2. The van der Waals surface area contributed by atoms with E-state index in [1.54, 1.807) is 14.2 Å². The van der Waals surface area contributed by atoms with Gasteiger partial charge >= 0.3 is 0 Å². The molecule has 0 spiro atoms. The summed E-state index contributed by atoms with van der Waals surface area (Å²) in [4.78, 5) is 0. The van der Waals surface area contributed by atoms with Crippen molar-refractivity contribution in [1.82, 2.24) is 0 Å². The molecule has 96 valence electrons. The Bertz CT molecular complexity index is 367. The summed E-state index contributed by atoms with van der Waals surface area (Å²) >= 11 is 1.84. The lowest BCUT2D eigenvalue weighted by molar-refractivity contribution is 0.354. The van der Waals surface area contributed by atoms with Crippen molar-refractivity contribution in [2.75, 3.05) is 20.0 Å². The fourth-order valence-electron chi connectivity index (χ4n) is 1.53. The van der Waals surface area contributed by atoms with Crippen molar-refractivity contribution in [2.45, 2.75) is 25.6 Å². The van der Waals surface area contributed by atoms with E-state index in [9.17, 15) is 0 Å². The van der Waals surface area contributed by atoms with E-state index in [0.717, 1.165) is 23.0 Å². The number of thioether (sulfide) groups is 1. The Morgan fingerprint density at radius 2 is 1.82 bits per heavy atom. The van der Waals surface area contributed by atoms with Crippen LogP contribution in [-0.2, 0) is 5.75 Å². The van der Waals surface area contributed by atoms with Gasteiger partial charge in [0.1, 0.15) is 0 Å². The van der Waals surface area contributed by atoms with Crippen LogP contribution >= 0.6 is 11.8 Å². The summed E-state index contributed by atoms with van der Waals surface area (Å²) in [5.41, 5.74) is 8.22. The van der Waals surface area contributed by atoms with E-state index >= 15 is 0 Å². The highest BCUT2D eigenvalue weighted by Crippen LogP contribution is 2.31.